The highest BCUT2D eigenvalue weighted by molar-refractivity contribution is 6.30. The SMILES string of the molecule is Cc1c(C#N)cc(C2=NC(=O)c3c(-c4cc(C#N)c(C)c(C#N)c4)[nH]c(O)c32)cc1C#N. The van der Waals surface area contributed by atoms with Gasteiger partial charge in [-0.05, 0) is 49.2 Å². The minimum Gasteiger partial charge on any atom is -0.494 e. The van der Waals surface area contributed by atoms with Crippen molar-refractivity contribution in [3.8, 4) is 41.4 Å². The molecule has 1 amide bonds. The van der Waals surface area contributed by atoms with Gasteiger partial charge in [-0.25, -0.2) is 4.99 Å². The van der Waals surface area contributed by atoms with Crippen LogP contribution >= 0.6 is 0 Å². The van der Waals surface area contributed by atoms with E-state index in [1.807, 2.05) is 24.3 Å². The molecular formula is C24H12N6O2. The molecule has 32 heavy (non-hydrogen) atoms. The Balaban J connectivity index is 1.95. The largest absolute Gasteiger partial charge is 0.494 e. The first-order chi connectivity index (χ1) is 15.3. The van der Waals surface area contributed by atoms with Crippen molar-refractivity contribution in [2.75, 3.05) is 0 Å². The molecule has 0 aliphatic carbocycles. The number of H-pyrrole nitrogens is 1. The number of benzene rings is 2. The molecule has 8 heteroatoms. The number of aromatic hydroxyl groups is 1. The summed E-state index contributed by atoms with van der Waals surface area (Å²) in [5.74, 6) is -0.952. The average molecular weight is 416 g/mol. The van der Waals surface area contributed by atoms with E-state index in [2.05, 4.69) is 9.98 Å². The number of nitrogens with zero attached hydrogens (tertiary/aromatic N) is 5. The molecule has 0 saturated carbocycles. The van der Waals surface area contributed by atoms with E-state index < -0.39 is 5.91 Å². The van der Waals surface area contributed by atoms with Crippen molar-refractivity contribution < 1.29 is 9.90 Å². The van der Waals surface area contributed by atoms with Crippen LogP contribution in [-0.4, -0.2) is 21.7 Å². The highest BCUT2D eigenvalue weighted by atomic mass is 16.3. The maximum Gasteiger partial charge on any atom is 0.280 e. The van der Waals surface area contributed by atoms with E-state index >= 15 is 0 Å². The molecule has 3 aromatic rings. The molecule has 2 aromatic carbocycles. The lowest BCUT2D eigenvalue weighted by molar-refractivity contribution is 0.101. The van der Waals surface area contributed by atoms with Gasteiger partial charge in [0.15, 0.2) is 5.88 Å². The number of carbonyl (C=O) groups excluding carboxylic acids is 1. The number of hydrogen-bond acceptors (Lipinski definition) is 6. The smallest absolute Gasteiger partial charge is 0.280 e. The molecule has 0 saturated heterocycles. The first-order valence-electron chi connectivity index (χ1n) is 9.33. The molecule has 4 rings (SSSR count). The average Bonchev–Trinajstić information content (AvgIpc) is 3.32. The fourth-order valence-electron chi connectivity index (χ4n) is 3.74. The van der Waals surface area contributed by atoms with Crippen LogP contribution in [0.3, 0.4) is 0 Å². The molecule has 0 radical (unpaired) electrons. The van der Waals surface area contributed by atoms with E-state index in [4.69, 9.17) is 0 Å². The number of aliphatic imine (C=N–C) groups is 1. The summed E-state index contributed by atoms with van der Waals surface area (Å²) in [5, 5.41) is 48.3. The summed E-state index contributed by atoms with van der Waals surface area (Å²) in [6.45, 7) is 3.30. The van der Waals surface area contributed by atoms with Crippen molar-refractivity contribution in [1.29, 1.82) is 21.0 Å². The minimum absolute atomic E-state index is 0.0896. The lowest BCUT2D eigenvalue weighted by Gasteiger charge is -2.06. The predicted molar refractivity (Wildman–Crippen MR) is 113 cm³/mol. The normalized spacial score (nSPS) is 11.7. The fourth-order valence-corrected chi connectivity index (χ4v) is 3.74. The molecule has 1 aromatic heterocycles. The van der Waals surface area contributed by atoms with Crippen molar-refractivity contribution in [2.45, 2.75) is 13.8 Å². The Kier molecular flexibility index (Phi) is 4.56. The number of carbonyl (C=O) groups is 1. The maximum absolute atomic E-state index is 12.8. The second kappa shape index (κ2) is 7.26. The quantitative estimate of drug-likeness (QED) is 0.650. The minimum atomic E-state index is -0.628. The van der Waals surface area contributed by atoms with Crippen molar-refractivity contribution in [1.82, 2.24) is 4.98 Å². The van der Waals surface area contributed by atoms with Gasteiger partial charge in [0.25, 0.3) is 5.91 Å². The summed E-state index contributed by atoms with van der Waals surface area (Å²) < 4.78 is 0. The summed E-state index contributed by atoms with van der Waals surface area (Å²) in [5.41, 5.74) is 3.38. The molecular weight excluding hydrogens is 404 g/mol. The molecule has 1 aliphatic rings. The van der Waals surface area contributed by atoms with E-state index in [9.17, 15) is 30.9 Å². The van der Waals surface area contributed by atoms with Gasteiger partial charge in [0, 0.05) is 11.1 Å². The van der Waals surface area contributed by atoms with E-state index in [0.717, 1.165) is 0 Å². The molecule has 1 aliphatic heterocycles. The van der Waals surface area contributed by atoms with Crippen LogP contribution in [-0.2, 0) is 0 Å². The zero-order valence-electron chi connectivity index (χ0n) is 16.9. The predicted octanol–water partition coefficient (Wildman–Crippen LogP) is 3.48. The molecule has 0 fully saturated rings. The molecule has 2 N–H and O–H groups in total. The van der Waals surface area contributed by atoms with Crippen LogP contribution in [0.5, 0.6) is 5.88 Å². The van der Waals surface area contributed by atoms with Gasteiger partial charge in [0.1, 0.15) is 0 Å². The van der Waals surface area contributed by atoms with Crippen LogP contribution < -0.4 is 0 Å². The second-order valence-electron chi connectivity index (χ2n) is 7.20. The van der Waals surface area contributed by atoms with E-state index in [1.165, 1.54) is 24.3 Å². The highest BCUT2D eigenvalue weighted by Gasteiger charge is 2.34. The van der Waals surface area contributed by atoms with Gasteiger partial charge in [-0.3, -0.25) is 4.79 Å². The Morgan fingerprint density at radius 3 is 1.66 bits per heavy atom. The van der Waals surface area contributed by atoms with Gasteiger partial charge < -0.3 is 10.1 Å². The van der Waals surface area contributed by atoms with Gasteiger partial charge in [-0.1, -0.05) is 0 Å². The Labute approximate surface area is 182 Å². The van der Waals surface area contributed by atoms with E-state index in [0.29, 0.717) is 22.3 Å². The van der Waals surface area contributed by atoms with Gasteiger partial charge in [-0.2, -0.15) is 21.0 Å². The number of fused-ring (bicyclic) bond motifs is 1. The van der Waals surface area contributed by atoms with E-state index in [1.54, 1.807) is 13.8 Å². The molecule has 8 nitrogen and oxygen atoms in total. The van der Waals surface area contributed by atoms with Crippen LogP contribution in [0.25, 0.3) is 11.3 Å². The Bertz CT molecular complexity index is 1490. The monoisotopic (exact) mass is 416 g/mol. The molecule has 150 valence electrons. The van der Waals surface area contributed by atoms with Gasteiger partial charge in [-0.15, -0.1) is 0 Å². The van der Waals surface area contributed by atoms with Crippen molar-refractivity contribution in [2.24, 2.45) is 4.99 Å². The summed E-state index contributed by atoms with van der Waals surface area (Å²) >= 11 is 0. The lowest BCUT2D eigenvalue weighted by atomic mass is 9.93. The zero-order valence-corrected chi connectivity index (χ0v) is 16.9. The third-order valence-corrected chi connectivity index (χ3v) is 5.50. The zero-order chi connectivity index (χ0) is 23.2. The number of nitrogens with one attached hydrogen (secondary N) is 1. The summed E-state index contributed by atoms with van der Waals surface area (Å²) in [4.78, 5) is 19.7. The molecule has 2 heterocycles. The van der Waals surface area contributed by atoms with Crippen LogP contribution in [0.4, 0.5) is 0 Å². The highest BCUT2D eigenvalue weighted by Crippen LogP contribution is 2.39. The second-order valence-corrected chi connectivity index (χ2v) is 7.20. The standard InChI is InChI=1S/C24H12N6O2/c1-11-15(7-25)3-13(4-16(11)8-26)21-19-20(24(32)29-21)22(30-23(19)31)14-5-17(9-27)12(2)18(6-14)10-28/h3-6,29,32H,1-2H3. The molecule has 0 unspecified atom stereocenters. The number of amides is 1. The number of nitriles is 4. The van der Waals surface area contributed by atoms with Crippen molar-refractivity contribution in [3.63, 3.8) is 0 Å². The first-order valence-corrected chi connectivity index (χ1v) is 9.33. The van der Waals surface area contributed by atoms with Crippen LogP contribution in [0, 0.1) is 59.2 Å². The molecule has 0 atom stereocenters. The van der Waals surface area contributed by atoms with Gasteiger partial charge >= 0.3 is 0 Å². The topological polar surface area (TPSA) is 161 Å². The Morgan fingerprint density at radius 2 is 1.22 bits per heavy atom. The number of aromatic amines is 1. The van der Waals surface area contributed by atoms with Crippen LogP contribution in [0.1, 0.15) is 54.9 Å². The number of rotatable bonds is 2. The fraction of sp³-hybridized carbons (Fsp3) is 0.0833. The third kappa shape index (κ3) is 2.81. The van der Waals surface area contributed by atoms with Crippen LogP contribution in [0.15, 0.2) is 29.3 Å². The number of hydrogen-bond donors (Lipinski definition) is 2. The number of aromatic nitrogens is 1. The Morgan fingerprint density at radius 1 is 0.781 bits per heavy atom. The maximum atomic E-state index is 12.8. The Hall–Kier alpha value is -5.18. The van der Waals surface area contributed by atoms with E-state index in [-0.39, 0.29) is 50.7 Å². The summed E-state index contributed by atoms with van der Waals surface area (Å²) in [6, 6.07) is 14.2. The third-order valence-electron chi connectivity index (χ3n) is 5.50. The van der Waals surface area contributed by atoms with Crippen LogP contribution in [0.2, 0.25) is 0 Å². The summed E-state index contributed by atoms with van der Waals surface area (Å²) in [7, 11) is 0. The molecule has 0 spiro atoms. The van der Waals surface area contributed by atoms with Gasteiger partial charge in [0.05, 0.1) is 69.1 Å². The first kappa shape index (κ1) is 20.1. The molecule has 0 bridgehead atoms. The lowest BCUT2D eigenvalue weighted by Crippen LogP contribution is -2.03. The van der Waals surface area contributed by atoms with Gasteiger partial charge in [0.2, 0.25) is 0 Å². The van der Waals surface area contributed by atoms with Crippen molar-refractivity contribution >= 4 is 11.6 Å². The van der Waals surface area contributed by atoms with Crippen molar-refractivity contribution in [3.05, 3.63) is 74.3 Å². The summed E-state index contributed by atoms with van der Waals surface area (Å²) in [6.07, 6.45) is 0.